The Balaban J connectivity index is 1.75. The van der Waals surface area contributed by atoms with Crippen LogP contribution in [0.4, 0.5) is 0 Å². The number of nitrogens with one attached hydrogen (secondary N) is 1. The Morgan fingerprint density at radius 1 is 1.40 bits per heavy atom. The van der Waals surface area contributed by atoms with Crippen LogP contribution in [0, 0.1) is 5.92 Å². The molecule has 2 aromatic rings. The average Bonchev–Trinajstić information content (AvgIpc) is 3.17. The molecular weight excluding hydrogens is 248 g/mol. The first-order valence-electron chi connectivity index (χ1n) is 8.52. The Morgan fingerprint density at radius 3 is 3.20 bits per heavy atom. The molecule has 1 N–H and O–H groups in total. The smallest absolute Gasteiger partial charge is 0.119 e. The summed E-state index contributed by atoms with van der Waals surface area (Å²) in [7, 11) is 1.68. The molecule has 2 aliphatic heterocycles. The van der Waals surface area contributed by atoms with E-state index >= 15 is 0 Å². The molecule has 104 valence electrons. The van der Waals surface area contributed by atoms with Gasteiger partial charge in [-0.3, -0.25) is 4.90 Å². The number of ether oxygens (including phenoxy) is 1. The topological polar surface area (TPSA) is 28.3 Å². The maximum Gasteiger partial charge on any atom is 0.119 e. The van der Waals surface area contributed by atoms with Gasteiger partial charge in [-0.05, 0) is 48.9 Å². The third-order valence-electron chi connectivity index (χ3n) is 5.46. The van der Waals surface area contributed by atoms with Crippen molar-refractivity contribution in [1.29, 1.82) is 0 Å². The number of aromatic amines is 1. The second-order valence-electron chi connectivity index (χ2n) is 6.43. The maximum absolute atomic E-state index is 8.60. The van der Waals surface area contributed by atoms with Crippen LogP contribution in [0.3, 0.4) is 0 Å². The first kappa shape index (κ1) is 9.46. The Hall–Kier alpha value is -1.48. The van der Waals surface area contributed by atoms with Gasteiger partial charge in [-0.2, -0.15) is 0 Å². The van der Waals surface area contributed by atoms with Gasteiger partial charge < -0.3 is 9.72 Å². The van der Waals surface area contributed by atoms with E-state index in [9.17, 15) is 0 Å². The summed E-state index contributed by atoms with van der Waals surface area (Å²) < 4.78 is 22.6. The van der Waals surface area contributed by atoms with Crippen LogP contribution in [-0.2, 0) is 6.42 Å². The number of rotatable bonds is 1. The van der Waals surface area contributed by atoms with Crippen molar-refractivity contribution in [3.63, 3.8) is 0 Å². The lowest BCUT2D eigenvalue weighted by Crippen LogP contribution is -2.36. The molecule has 5 rings (SSSR count). The summed E-state index contributed by atoms with van der Waals surface area (Å²) in [5.74, 6) is 1.97. The molecule has 1 saturated heterocycles. The molecule has 1 aromatic heterocycles. The van der Waals surface area contributed by atoms with E-state index in [1.165, 1.54) is 17.7 Å². The molecule has 0 amide bonds. The van der Waals surface area contributed by atoms with Gasteiger partial charge in [-0.15, -0.1) is 0 Å². The first-order chi connectivity index (χ1) is 10.6. The van der Waals surface area contributed by atoms with Crippen LogP contribution in [0.5, 0.6) is 5.75 Å². The minimum absolute atomic E-state index is 0.371. The van der Waals surface area contributed by atoms with Crippen molar-refractivity contribution in [2.24, 2.45) is 5.92 Å². The van der Waals surface area contributed by atoms with Crippen molar-refractivity contribution < 1.29 is 7.48 Å². The summed E-state index contributed by atoms with van der Waals surface area (Å²) in [6, 6.07) is 6.45. The molecule has 3 heterocycles. The molecule has 2 bridgehead atoms. The highest BCUT2D eigenvalue weighted by molar-refractivity contribution is 5.86. The largest absolute Gasteiger partial charge is 0.497 e. The minimum atomic E-state index is -1.25. The van der Waals surface area contributed by atoms with Gasteiger partial charge in [0.25, 0.3) is 0 Å². The van der Waals surface area contributed by atoms with Crippen LogP contribution >= 0.6 is 0 Å². The molecule has 0 spiro atoms. The summed E-state index contributed by atoms with van der Waals surface area (Å²) >= 11 is 0. The molecule has 3 atom stereocenters. The van der Waals surface area contributed by atoms with Crippen LogP contribution < -0.4 is 4.74 Å². The van der Waals surface area contributed by atoms with E-state index < -0.39 is 6.50 Å². The van der Waals surface area contributed by atoms with E-state index in [-0.39, 0.29) is 0 Å². The Labute approximate surface area is 121 Å². The monoisotopic (exact) mass is 270 g/mol. The zero-order valence-electron chi connectivity index (χ0n) is 13.6. The summed E-state index contributed by atoms with van der Waals surface area (Å²) in [4.78, 5) is 5.74. The normalized spacial score (nSPS) is 35.5. The standard InChI is InChI=1S/C17H20N2O/c1-20-11-2-3-15-13(8-11)12-4-5-19-9-10-6-14(16(19)7-10)17(12)18-15/h2-3,8,10,14,16,18H,4-7,9H2,1H3/t10-,14+,16-/m0/s1/i5D2. The Morgan fingerprint density at radius 2 is 2.35 bits per heavy atom. The van der Waals surface area contributed by atoms with Crippen molar-refractivity contribution in [3.05, 3.63) is 29.5 Å². The molecule has 1 saturated carbocycles. The summed E-state index contributed by atoms with van der Waals surface area (Å²) in [5.41, 5.74) is 3.55. The Kier molecular flexibility index (Phi) is 1.79. The molecule has 3 nitrogen and oxygen atoms in total. The number of aromatic nitrogens is 1. The molecule has 0 unspecified atom stereocenters. The van der Waals surface area contributed by atoms with Gasteiger partial charge in [0.05, 0.1) is 7.11 Å². The molecule has 20 heavy (non-hydrogen) atoms. The van der Waals surface area contributed by atoms with E-state index in [0.717, 1.165) is 29.6 Å². The van der Waals surface area contributed by atoms with Gasteiger partial charge in [-0.1, -0.05) is 0 Å². The lowest BCUT2D eigenvalue weighted by Gasteiger charge is -2.30. The SMILES string of the molecule is [2H]C1([2H])Cc2c([nH]c3ccc(OC)cc23)[C@@H]2C[C@H]3C[C@@H]2N1C3. The van der Waals surface area contributed by atoms with Gasteiger partial charge in [0.1, 0.15) is 5.75 Å². The molecule has 2 fully saturated rings. The number of piperidine rings is 1. The third kappa shape index (κ3) is 1.34. The molecule has 3 heteroatoms. The zero-order chi connectivity index (χ0) is 15.1. The lowest BCUT2D eigenvalue weighted by atomic mass is 9.93. The second kappa shape index (κ2) is 3.79. The molecule has 3 aliphatic rings. The van der Waals surface area contributed by atoms with Crippen molar-refractivity contribution in [2.75, 3.05) is 20.2 Å². The molecular formula is C17H20N2O. The summed E-state index contributed by atoms with van der Waals surface area (Å²) in [6.07, 6.45) is 2.83. The average molecular weight is 270 g/mol. The third-order valence-corrected chi connectivity index (χ3v) is 5.46. The first-order valence-corrected chi connectivity index (χ1v) is 7.52. The van der Waals surface area contributed by atoms with Gasteiger partial charge in [0, 0.05) is 44.3 Å². The highest BCUT2D eigenvalue weighted by atomic mass is 16.5. The number of fused-ring (bicyclic) bond motifs is 5. The van der Waals surface area contributed by atoms with E-state index in [1.54, 1.807) is 7.11 Å². The van der Waals surface area contributed by atoms with E-state index in [0.29, 0.717) is 24.3 Å². The maximum atomic E-state index is 8.60. The number of hydrogen-bond acceptors (Lipinski definition) is 2. The quantitative estimate of drug-likeness (QED) is 0.863. The molecule has 1 aliphatic carbocycles. The van der Waals surface area contributed by atoms with Crippen molar-refractivity contribution >= 4 is 10.9 Å². The highest BCUT2D eigenvalue weighted by Crippen LogP contribution is 2.50. The Bertz CT molecular complexity index is 769. The van der Waals surface area contributed by atoms with Crippen LogP contribution in [0.1, 0.15) is 32.8 Å². The number of benzene rings is 1. The van der Waals surface area contributed by atoms with Crippen LogP contribution in [0.2, 0.25) is 0 Å². The van der Waals surface area contributed by atoms with E-state index in [4.69, 9.17) is 7.48 Å². The fourth-order valence-corrected chi connectivity index (χ4v) is 4.58. The van der Waals surface area contributed by atoms with Crippen LogP contribution in [0.25, 0.3) is 10.9 Å². The van der Waals surface area contributed by atoms with Crippen molar-refractivity contribution in [2.45, 2.75) is 31.2 Å². The minimum Gasteiger partial charge on any atom is -0.497 e. The number of aryl methyl sites for hydroxylation is 1. The van der Waals surface area contributed by atoms with Gasteiger partial charge in [-0.25, -0.2) is 0 Å². The van der Waals surface area contributed by atoms with Gasteiger partial charge in [0.15, 0.2) is 0 Å². The van der Waals surface area contributed by atoms with Crippen LogP contribution in [0.15, 0.2) is 18.2 Å². The number of hydrogen-bond donors (Lipinski definition) is 1. The predicted molar refractivity (Wildman–Crippen MR) is 79.4 cm³/mol. The van der Waals surface area contributed by atoms with E-state index in [2.05, 4.69) is 22.0 Å². The second-order valence-corrected chi connectivity index (χ2v) is 6.43. The molecule has 1 aromatic carbocycles. The summed E-state index contributed by atoms with van der Waals surface area (Å²) in [5, 5.41) is 1.13. The number of H-pyrrole nitrogens is 1. The lowest BCUT2D eigenvalue weighted by molar-refractivity contribution is 0.201. The summed E-state index contributed by atoms with van der Waals surface area (Å²) in [6.45, 7) is -0.318. The van der Waals surface area contributed by atoms with Gasteiger partial charge in [0.2, 0.25) is 0 Å². The van der Waals surface area contributed by atoms with Gasteiger partial charge >= 0.3 is 0 Å². The van der Waals surface area contributed by atoms with Crippen LogP contribution in [-0.4, -0.2) is 36.1 Å². The van der Waals surface area contributed by atoms with E-state index in [1.807, 2.05) is 6.07 Å². The zero-order valence-corrected chi connectivity index (χ0v) is 11.6. The number of nitrogens with zero attached hydrogens (tertiary/aromatic N) is 1. The fraction of sp³-hybridized carbons (Fsp3) is 0.529. The van der Waals surface area contributed by atoms with Crippen molar-refractivity contribution in [3.8, 4) is 5.75 Å². The number of methoxy groups -OCH3 is 1. The highest BCUT2D eigenvalue weighted by Gasteiger charge is 2.47. The fourth-order valence-electron chi connectivity index (χ4n) is 4.58. The molecule has 0 radical (unpaired) electrons. The van der Waals surface area contributed by atoms with Crippen molar-refractivity contribution in [1.82, 2.24) is 9.88 Å². The predicted octanol–water partition coefficient (Wildman–Crippen LogP) is 2.91.